The lowest BCUT2D eigenvalue weighted by molar-refractivity contribution is -0.136. The van der Waals surface area contributed by atoms with Crippen LogP contribution in [-0.4, -0.2) is 64.6 Å². The number of hydrogen-bond donors (Lipinski definition) is 2. The molecule has 2 saturated heterocycles. The topological polar surface area (TPSA) is 98.8 Å². The first-order valence-corrected chi connectivity index (χ1v) is 9.94. The monoisotopic (exact) mass is 394 g/mol. The molecule has 0 bridgehead atoms. The van der Waals surface area contributed by atoms with Gasteiger partial charge in [-0.3, -0.25) is 34.3 Å². The maximum atomic E-state index is 13.2. The van der Waals surface area contributed by atoms with Gasteiger partial charge in [0.15, 0.2) is 0 Å². The number of hydrogen-bond acceptors (Lipinski definition) is 6. The van der Waals surface area contributed by atoms with E-state index >= 15 is 0 Å². The Kier molecular flexibility index (Phi) is 4.15. The molecule has 150 valence electrons. The van der Waals surface area contributed by atoms with Gasteiger partial charge in [-0.05, 0) is 24.5 Å². The zero-order valence-electron chi connectivity index (χ0n) is 15.9. The van der Waals surface area contributed by atoms with Crippen molar-refractivity contribution in [2.45, 2.75) is 37.4 Å². The third-order valence-corrected chi connectivity index (χ3v) is 6.48. The van der Waals surface area contributed by atoms with Crippen LogP contribution >= 0.6 is 0 Å². The lowest BCUT2D eigenvalue weighted by Crippen LogP contribution is -2.69. The molecule has 0 aliphatic carbocycles. The van der Waals surface area contributed by atoms with Gasteiger partial charge in [0.2, 0.25) is 11.8 Å². The summed E-state index contributed by atoms with van der Waals surface area (Å²) >= 11 is 0. The number of fused-ring (bicyclic) bond motifs is 1. The van der Waals surface area contributed by atoms with Crippen molar-refractivity contribution in [3.05, 3.63) is 47.0 Å². The van der Waals surface area contributed by atoms with E-state index < -0.39 is 23.8 Å². The Bertz CT molecular complexity index is 965. The predicted molar refractivity (Wildman–Crippen MR) is 103 cm³/mol. The minimum Gasteiger partial charge on any atom is -0.313 e. The number of carbonyl (C=O) groups excluding carboxylic acids is 4. The van der Waals surface area contributed by atoms with E-state index in [0.29, 0.717) is 17.7 Å². The third kappa shape index (κ3) is 2.74. The molecule has 2 N–H and O–H groups in total. The Morgan fingerprint density at radius 1 is 1.07 bits per heavy atom. The van der Waals surface area contributed by atoms with E-state index in [-0.39, 0.29) is 24.3 Å². The Hall–Kier alpha value is -2.84. The molecule has 4 amide bonds. The van der Waals surface area contributed by atoms with Gasteiger partial charge in [-0.25, -0.2) is 0 Å². The van der Waals surface area contributed by atoms with E-state index in [1.165, 1.54) is 0 Å². The van der Waals surface area contributed by atoms with Crippen LogP contribution in [0.4, 0.5) is 0 Å². The van der Waals surface area contributed by atoms with Crippen molar-refractivity contribution in [1.82, 2.24) is 20.4 Å². The number of nitrogens with zero attached hydrogens (tertiary/aromatic N) is 2. The number of imide groups is 2. The standard InChI is InChI=1S/C21H22N4O4/c26-16-7-6-15(18(27)23-16)25-19(28)14-5-3-4-13(17(14)20(25)29)10-24-9-2-1-8-21(24)11-22-12-21/h1-5,15,22H,6-12H2,(H,23,26,27). The summed E-state index contributed by atoms with van der Waals surface area (Å²) in [6.45, 7) is 3.17. The van der Waals surface area contributed by atoms with Crippen molar-refractivity contribution in [3.63, 3.8) is 0 Å². The SMILES string of the molecule is O=C1CCC(N2C(=O)c3cccc(CN4CC=CCC45CNC5)c3C2=O)C(=O)N1. The van der Waals surface area contributed by atoms with E-state index in [1.807, 2.05) is 6.07 Å². The van der Waals surface area contributed by atoms with Crippen LogP contribution < -0.4 is 10.6 Å². The molecule has 0 saturated carbocycles. The summed E-state index contributed by atoms with van der Waals surface area (Å²) in [5.41, 5.74) is 1.59. The molecule has 1 aromatic carbocycles. The summed E-state index contributed by atoms with van der Waals surface area (Å²) in [6.07, 6.45) is 5.58. The Morgan fingerprint density at radius 3 is 2.62 bits per heavy atom. The fourth-order valence-corrected chi connectivity index (χ4v) is 4.76. The molecule has 2 fully saturated rings. The molecule has 1 unspecified atom stereocenters. The van der Waals surface area contributed by atoms with Gasteiger partial charge in [-0.15, -0.1) is 0 Å². The molecule has 8 heteroatoms. The second-order valence-electron chi connectivity index (χ2n) is 8.17. The van der Waals surface area contributed by atoms with Gasteiger partial charge in [0, 0.05) is 38.1 Å². The molecule has 4 heterocycles. The zero-order valence-corrected chi connectivity index (χ0v) is 15.9. The van der Waals surface area contributed by atoms with E-state index in [4.69, 9.17) is 0 Å². The highest BCUT2D eigenvalue weighted by Crippen LogP contribution is 2.34. The largest absolute Gasteiger partial charge is 0.313 e. The van der Waals surface area contributed by atoms with Gasteiger partial charge in [-0.2, -0.15) is 0 Å². The molecule has 8 nitrogen and oxygen atoms in total. The van der Waals surface area contributed by atoms with Crippen molar-refractivity contribution < 1.29 is 19.2 Å². The number of rotatable bonds is 3. The smallest absolute Gasteiger partial charge is 0.262 e. The van der Waals surface area contributed by atoms with Crippen molar-refractivity contribution in [1.29, 1.82) is 0 Å². The lowest BCUT2D eigenvalue weighted by atomic mass is 9.83. The van der Waals surface area contributed by atoms with Crippen LogP contribution in [0.25, 0.3) is 0 Å². The van der Waals surface area contributed by atoms with Crippen LogP contribution in [0.5, 0.6) is 0 Å². The molecule has 4 aliphatic heterocycles. The lowest BCUT2D eigenvalue weighted by Gasteiger charge is -2.52. The Labute approximate surface area is 167 Å². The Balaban J connectivity index is 1.46. The summed E-state index contributed by atoms with van der Waals surface area (Å²) in [5.74, 6) is -1.86. The average Bonchev–Trinajstić information content (AvgIpc) is 2.93. The van der Waals surface area contributed by atoms with Gasteiger partial charge in [0.25, 0.3) is 11.8 Å². The number of piperidine rings is 1. The normalized spacial score (nSPS) is 25.9. The molecule has 29 heavy (non-hydrogen) atoms. The number of benzene rings is 1. The molecular formula is C21H22N4O4. The van der Waals surface area contributed by atoms with Crippen LogP contribution in [0.3, 0.4) is 0 Å². The van der Waals surface area contributed by atoms with Crippen molar-refractivity contribution in [2.24, 2.45) is 0 Å². The van der Waals surface area contributed by atoms with Crippen LogP contribution in [-0.2, 0) is 16.1 Å². The van der Waals surface area contributed by atoms with Crippen molar-refractivity contribution in [3.8, 4) is 0 Å². The van der Waals surface area contributed by atoms with Gasteiger partial charge in [-0.1, -0.05) is 24.3 Å². The fourth-order valence-electron chi connectivity index (χ4n) is 4.76. The number of nitrogens with one attached hydrogen (secondary N) is 2. The highest BCUT2D eigenvalue weighted by Gasteiger charge is 2.47. The summed E-state index contributed by atoms with van der Waals surface area (Å²) < 4.78 is 0. The third-order valence-electron chi connectivity index (χ3n) is 6.48. The van der Waals surface area contributed by atoms with Crippen LogP contribution in [0.2, 0.25) is 0 Å². The van der Waals surface area contributed by atoms with E-state index in [2.05, 4.69) is 27.7 Å². The highest BCUT2D eigenvalue weighted by molar-refractivity contribution is 6.24. The van der Waals surface area contributed by atoms with Crippen molar-refractivity contribution in [2.75, 3.05) is 19.6 Å². The van der Waals surface area contributed by atoms with E-state index in [1.54, 1.807) is 12.1 Å². The molecule has 1 spiro atoms. The summed E-state index contributed by atoms with van der Waals surface area (Å²) in [6, 6.07) is 4.38. The molecule has 0 radical (unpaired) electrons. The van der Waals surface area contributed by atoms with Crippen LogP contribution in [0.1, 0.15) is 45.5 Å². The minimum atomic E-state index is -0.937. The van der Waals surface area contributed by atoms with Crippen molar-refractivity contribution >= 4 is 23.6 Å². The summed E-state index contributed by atoms with van der Waals surface area (Å²) in [5, 5.41) is 5.57. The van der Waals surface area contributed by atoms with E-state index in [0.717, 1.165) is 36.5 Å². The highest BCUT2D eigenvalue weighted by atomic mass is 16.2. The maximum absolute atomic E-state index is 13.2. The van der Waals surface area contributed by atoms with Gasteiger partial charge in [0.05, 0.1) is 11.1 Å². The first-order valence-electron chi connectivity index (χ1n) is 9.94. The van der Waals surface area contributed by atoms with Gasteiger partial charge < -0.3 is 5.32 Å². The van der Waals surface area contributed by atoms with Gasteiger partial charge >= 0.3 is 0 Å². The maximum Gasteiger partial charge on any atom is 0.262 e. The first kappa shape index (κ1) is 18.2. The van der Waals surface area contributed by atoms with Crippen LogP contribution in [0, 0.1) is 0 Å². The Morgan fingerprint density at radius 2 is 1.90 bits per heavy atom. The van der Waals surface area contributed by atoms with Gasteiger partial charge in [0.1, 0.15) is 6.04 Å². The molecule has 0 aromatic heterocycles. The zero-order chi connectivity index (χ0) is 20.2. The molecule has 1 aromatic rings. The molecule has 5 rings (SSSR count). The first-order chi connectivity index (χ1) is 14.0. The van der Waals surface area contributed by atoms with E-state index in [9.17, 15) is 19.2 Å². The summed E-state index contributed by atoms with van der Waals surface area (Å²) in [7, 11) is 0. The number of carbonyl (C=O) groups is 4. The molecule has 4 aliphatic rings. The number of amides is 4. The molecule has 1 atom stereocenters. The summed E-state index contributed by atoms with van der Waals surface area (Å²) in [4.78, 5) is 53.3. The minimum absolute atomic E-state index is 0.0619. The predicted octanol–water partition coefficient (Wildman–Crippen LogP) is 0.192. The second-order valence-corrected chi connectivity index (χ2v) is 8.17. The second kappa shape index (κ2) is 6.60. The fraction of sp³-hybridized carbons (Fsp3) is 0.429. The van der Waals surface area contributed by atoms with Crippen LogP contribution in [0.15, 0.2) is 30.4 Å². The molecular weight excluding hydrogens is 372 g/mol. The average molecular weight is 394 g/mol. The quantitative estimate of drug-likeness (QED) is 0.561.